The molecule has 0 radical (unpaired) electrons. The Balaban J connectivity index is 2.36. The van der Waals surface area contributed by atoms with Gasteiger partial charge in [0.05, 0.1) is 0 Å². The zero-order valence-electron chi connectivity index (χ0n) is 9.44. The van der Waals surface area contributed by atoms with Crippen LogP contribution in [0.15, 0.2) is 48.5 Å². The molecular formula is C15H10Cl2O. The summed E-state index contributed by atoms with van der Waals surface area (Å²) in [5.41, 5.74) is 1.89. The van der Waals surface area contributed by atoms with Gasteiger partial charge in [-0.1, -0.05) is 53.9 Å². The first-order chi connectivity index (χ1) is 8.70. The number of terminal acetylenes is 1. The molecule has 0 aliphatic rings. The van der Waals surface area contributed by atoms with Crippen LogP contribution >= 0.6 is 23.2 Å². The molecule has 0 saturated heterocycles. The molecule has 2 rings (SSSR count). The molecule has 0 amide bonds. The van der Waals surface area contributed by atoms with E-state index in [1.165, 1.54) is 0 Å². The van der Waals surface area contributed by atoms with Crippen molar-refractivity contribution >= 4 is 23.2 Å². The topological polar surface area (TPSA) is 9.23 Å². The molecule has 0 aliphatic heterocycles. The monoisotopic (exact) mass is 276 g/mol. The van der Waals surface area contributed by atoms with E-state index in [4.69, 9.17) is 34.4 Å². The fraction of sp³-hybridized carbons (Fsp3) is 0.0667. The van der Waals surface area contributed by atoms with Gasteiger partial charge in [0, 0.05) is 10.0 Å². The molecule has 0 aromatic heterocycles. The molecule has 3 heteroatoms. The first-order valence-electron chi connectivity index (χ1n) is 5.33. The van der Waals surface area contributed by atoms with Crippen LogP contribution in [0.1, 0.15) is 17.2 Å². The highest BCUT2D eigenvalue weighted by molar-refractivity contribution is 6.30. The van der Waals surface area contributed by atoms with Gasteiger partial charge < -0.3 is 4.74 Å². The van der Waals surface area contributed by atoms with Gasteiger partial charge in [0.1, 0.15) is 6.11 Å². The number of hydrogen-bond acceptors (Lipinski definition) is 1. The minimum atomic E-state index is -0.315. The Morgan fingerprint density at radius 1 is 0.833 bits per heavy atom. The van der Waals surface area contributed by atoms with Crippen molar-refractivity contribution in [3.8, 4) is 12.5 Å². The molecule has 0 fully saturated rings. The molecule has 1 nitrogen and oxygen atoms in total. The maximum absolute atomic E-state index is 5.86. The average molecular weight is 277 g/mol. The van der Waals surface area contributed by atoms with Crippen LogP contribution in [0.4, 0.5) is 0 Å². The van der Waals surface area contributed by atoms with Gasteiger partial charge in [0.2, 0.25) is 0 Å². The minimum absolute atomic E-state index is 0.315. The normalized spacial score (nSPS) is 10.1. The Kier molecular flexibility index (Phi) is 4.15. The van der Waals surface area contributed by atoms with E-state index in [0.29, 0.717) is 10.0 Å². The molecule has 0 saturated carbocycles. The third kappa shape index (κ3) is 2.98. The lowest BCUT2D eigenvalue weighted by molar-refractivity contribution is 0.208. The summed E-state index contributed by atoms with van der Waals surface area (Å²) in [6, 6.07) is 14.8. The maximum Gasteiger partial charge on any atom is 0.161 e. The van der Waals surface area contributed by atoms with Crippen LogP contribution in [-0.2, 0) is 4.74 Å². The van der Waals surface area contributed by atoms with Crippen LogP contribution in [0.2, 0.25) is 10.0 Å². The summed E-state index contributed by atoms with van der Waals surface area (Å²) in [6.45, 7) is 0. The standard InChI is InChI=1S/C15H10Cl2O/c1-2-18-15(11-3-7-13(16)8-4-11)12-5-9-14(17)10-6-12/h1,3-10,15H. The second-order valence-corrected chi connectivity index (χ2v) is 4.59. The van der Waals surface area contributed by atoms with Crippen LogP contribution in [-0.4, -0.2) is 0 Å². The molecule has 0 bridgehead atoms. The molecule has 0 unspecified atom stereocenters. The highest BCUT2D eigenvalue weighted by Crippen LogP contribution is 2.27. The van der Waals surface area contributed by atoms with Gasteiger partial charge in [-0.3, -0.25) is 0 Å². The van der Waals surface area contributed by atoms with Crippen molar-refractivity contribution in [2.24, 2.45) is 0 Å². The third-order valence-corrected chi connectivity index (χ3v) is 3.04. The predicted octanol–water partition coefficient (Wildman–Crippen LogP) is 4.69. The van der Waals surface area contributed by atoms with Crippen LogP contribution in [0.3, 0.4) is 0 Å². The Morgan fingerprint density at radius 2 is 1.22 bits per heavy atom. The molecule has 2 aromatic rings. The van der Waals surface area contributed by atoms with Crippen molar-refractivity contribution < 1.29 is 4.74 Å². The summed E-state index contributed by atoms with van der Waals surface area (Å²) in [5, 5.41) is 1.35. The zero-order chi connectivity index (χ0) is 13.0. The molecule has 0 heterocycles. The smallest absolute Gasteiger partial charge is 0.161 e. The van der Waals surface area contributed by atoms with E-state index in [0.717, 1.165) is 11.1 Å². The molecular weight excluding hydrogens is 267 g/mol. The van der Waals surface area contributed by atoms with Crippen molar-refractivity contribution in [1.82, 2.24) is 0 Å². The quantitative estimate of drug-likeness (QED) is 0.739. The van der Waals surface area contributed by atoms with Crippen molar-refractivity contribution in [3.63, 3.8) is 0 Å². The van der Waals surface area contributed by atoms with Gasteiger partial charge in [-0.2, -0.15) is 0 Å². The number of halogens is 2. The largest absolute Gasteiger partial charge is 0.434 e. The average Bonchev–Trinajstić information content (AvgIpc) is 2.39. The highest BCUT2D eigenvalue weighted by Gasteiger charge is 2.14. The second kappa shape index (κ2) is 5.82. The van der Waals surface area contributed by atoms with E-state index in [2.05, 4.69) is 6.11 Å². The number of hydrogen-bond donors (Lipinski definition) is 0. The number of benzene rings is 2. The van der Waals surface area contributed by atoms with Gasteiger partial charge in [-0.25, -0.2) is 0 Å². The molecule has 18 heavy (non-hydrogen) atoms. The van der Waals surface area contributed by atoms with E-state index in [-0.39, 0.29) is 6.10 Å². The lowest BCUT2D eigenvalue weighted by atomic mass is 10.0. The lowest BCUT2D eigenvalue weighted by Gasteiger charge is -2.15. The first kappa shape index (κ1) is 12.8. The summed E-state index contributed by atoms with van der Waals surface area (Å²) in [7, 11) is 0. The van der Waals surface area contributed by atoms with Crippen LogP contribution in [0.25, 0.3) is 0 Å². The fourth-order valence-corrected chi connectivity index (χ4v) is 1.92. The summed E-state index contributed by atoms with van der Waals surface area (Å²) < 4.78 is 5.34. The SMILES string of the molecule is C#COC(c1ccc(Cl)cc1)c1ccc(Cl)cc1. The van der Waals surface area contributed by atoms with E-state index < -0.39 is 0 Å². The number of ether oxygens (including phenoxy) is 1. The van der Waals surface area contributed by atoms with E-state index in [1.807, 2.05) is 24.3 Å². The van der Waals surface area contributed by atoms with Gasteiger partial charge in [0.25, 0.3) is 0 Å². The van der Waals surface area contributed by atoms with Gasteiger partial charge in [-0.15, -0.1) is 0 Å². The lowest BCUT2D eigenvalue weighted by Crippen LogP contribution is -2.02. The van der Waals surface area contributed by atoms with Crippen molar-refractivity contribution in [1.29, 1.82) is 0 Å². The Morgan fingerprint density at radius 3 is 1.56 bits per heavy atom. The van der Waals surface area contributed by atoms with Gasteiger partial charge in [0.15, 0.2) is 6.10 Å². The van der Waals surface area contributed by atoms with Crippen LogP contribution < -0.4 is 0 Å². The predicted molar refractivity (Wildman–Crippen MR) is 74.7 cm³/mol. The Hall–Kier alpha value is -1.62. The Bertz CT molecular complexity index is 507. The fourth-order valence-electron chi connectivity index (χ4n) is 1.67. The minimum Gasteiger partial charge on any atom is -0.434 e. The van der Waals surface area contributed by atoms with E-state index in [9.17, 15) is 0 Å². The van der Waals surface area contributed by atoms with Gasteiger partial charge in [-0.05, 0) is 35.4 Å². The zero-order valence-corrected chi connectivity index (χ0v) is 10.9. The molecule has 2 aromatic carbocycles. The molecule has 0 spiro atoms. The van der Waals surface area contributed by atoms with Crippen LogP contribution in [0.5, 0.6) is 0 Å². The summed E-state index contributed by atoms with van der Waals surface area (Å²) >= 11 is 11.7. The molecule has 0 N–H and O–H groups in total. The summed E-state index contributed by atoms with van der Waals surface area (Å²) in [6.07, 6.45) is 7.15. The first-order valence-corrected chi connectivity index (χ1v) is 6.08. The molecule has 0 aliphatic carbocycles. The van der Waals surface area contributed by atoms with Crippen molar-refractivity contribution in [2.75, 3.05) is 0 Å². The summed E-state index contributed by atoms with van der Waals surface area (Å²) in [4.78, 5) is 0. The third-order valence-electron chi connectivity index (χ3n) is 2.53. The summed E-state index contributed by atoms with van der Waals surface area (Å²) in [5.74, 6) is 0. The van der Waals surface area contributed by atoms with Crippen molar-refractivity contribution in [2.45, 2.75) is 6.10 Å². The molecule has 0 atom stereocenters. The van der Waals surface area contributed by atoms with E-state index >= 15 is 0 Å². The highest BCUT2D eigenvalue weighted by atomic mass is 35.5. The molecule has 90 valence electrons. The van der Waals surface area contributed by atoms with Crippen molar-refractivity contribution in [3.05, 3.63) is 69.7 Å². The van der Waals surface area contributed by atoms with Crippen LogP contribution in [0, 0.1) is 12.5 Å². The maximum atomic E-state index is 5.86. The second-order valence-electron chi connectivity index (χ2n) is 3.72. The number of rotatable bonds is 3. The van der Waals surface area contributed by atoms with Gasteiger partial charge >= 0.3 is 0 Å². The Labute approximate surface area is 116 Å². The van der Waals surface area contributed by atoms with E-state index in [1.54, 1.807) is 24.3 Å².